The van der Waals surface area contributed by atoms with Crippen molar-refractivity contribution in [1.29, 1.82) is 0 Å². The Morgan fingerprint density at radius 3 is 2.09 bits per heavy atom. The third-order valence-electron chi connectivity index (χ3n) is 4.05. The summed E-state index contributed by atoms with van der Waals surface area (Å²) < 4.78 is 28.5. The zero-order chi connectivity index (χ0) is 15.5. The van der Waals surface area contributed by atoms with E-state index in [4.69, 9.17) is 5.11 Å². The Morgan fingerprint density at radius 2 is 1.64 bits per heavy atom. The quantitative estimate of drug-likeness (QED) is 0.869. The Bertz CT molecular complexity index is 448. The molecule has 0 radical (unpaired) electrons. The summed E-state index contributed by atoms with van der Waals surface area (Å²) in [7, 11) is 0. The van der Waals surface area contributed by atoms with Crippen molar-refractivity contribution in [2.24, 2.45) is 0 Å². The first-order chi connectivity index (χ1) is 9.95. The molecule has 2 rings (SSSR count). The number of piperazine rings is 1. The van der Waals surface area contributed by atoms with E-state index in [1.165, 1.54) is 0 Å². The van der Waals surface area contributed by atoms with Crippen LogP contribution in [0.15, 0.2) is 24.3 Å². The van der Waals surface area contributed by atoms with E-state index in [0.29, 0.717) is 37.7 Å². The molecule has 0 amide bonds. The van der Waals surface area contributed by atoms with Crippen molar-refractivity contribution in [3.63, 3.8) is 0 Å². The second-order valence-corrected chi connectivity index (χ2v) is 5.93. The van der Waals surface area contributed by atoms with E-state index in [1.807, 2.05) is 12.1 Å². The van der Waals surface area contributed by atoms with Gasteiger partial charge in [-0.2, -0.15) is 0 Å². The van der Waals surface area contributed by atoms with Gasteiger partial charge in [-0.05, 0) is 17.0 Å². The maximum absolute atomic E-state index is 14.2. The number of nitrogens with one attached hydrogen (secondary N) is 1. The number of alkyl halides is 2. The van der Waals surface area contributed by atoms with Crippen molar-refractivity contribution in [2.75, 3.05) is 32.8 Å². The van der Waals surface area contributed by atoms with Gasteiger partial charge < -0.3 is 10.4 Å². The topological polar surface area (TPSA) is 35.5 Å². The second kappa shape index (κ2) is 8.20. The summed E-state index contributed by atoms with van der Waals surface area (Å²) in [4.78, 5) is 1.76. The molecule has 0 saturated carbocycles. The van der Waals surface area contributed by atoms with Crippen LogP contribution >= 0.6 is 12.4 Å². The Morgan fingerprint density at radius 1 is 1.14 bits per heavy atom. The van der Waals surface area contributed by atoms with Crippen LogP contribution in [0.1, 0.15) is 36.9 Å². The molecule has 6 heteroatoms. The maximum Gasteiger partial charge on any atom is 0.289 e. The van der Waals surface area contributed by atoms with Gasteiger partial charge >= 0.3 is 0 Å². The number of aliphatic hydroxyl groups excluding tert-OH is 1. The second-order valence-electron chi connectivity index (χ2n) is 5.93. The van der Waals surface area contributed by atoms with Gasteiger partial charge in [-0.3, -0.25) is 4.90 Å². The van der Waals surface area contributed by atoms with Crippen molar-refractivity contribution in [3.05, 3.63) is 35.4 Å². The van der Waals surface area contributed by atoms with Gasteiger partial charge in [-0.25, -0.2) is 8.78 Å². The molecular formula is C16H25ClF2N2O. The fraction of sp³-hybridized carbons (Fsp3) is 0.625. The molecule has 1 saturated heterocycles. The molecule has 2 N–H and O–H groups in total. The van der Waals surface area contributed by atoms with Gasteiger partial charge in [0.05, 0.1) is 0 Å². The molecule has 1 fully saturated rings. The largest absolute Gasteiger partial charge is 0.390 e. The van der Waals surface area contributed by atoms with Crippen LogP contribution in [-0.4, -0.2) is 48.7 Å². The van der Waals surface area contributed by atoms with Crippen LogP contribution in [0.2, 0.25) is 0 Å². The SMILES string of the molecule is CC(C)c1ccc([C@H](N2CCNCC2)C(F)(F)CO)cc1.Cl. The first-order valence-corrected chi connectivity index (χ1v) is 7.49. The van der Waals surface area contributed by atoms with Gasteiger partial charge in [-0.1, -0.05) is 38.1 Å². The van der Waals surface area contributed by atoms with Crippen LogP contribution in [-0.2, 0) is 0 Å². The number of halogens is 3. The molecule has 1 aliphatic rings. The number of benzene rings is 1. The highest BCUT2D eigenvalue weighted by Crippen LogP contribution is 2.36. The smallest absolute Gasteiger partial charge is 0.289 e. The highest BCUT2D eigenvalue weighted by atomic mass is 35.5. The van der Waals surface area contributed by atoms with Gasteiger partial charge in [0.25, 0.3) is 5.92 Å². The predicted molar refractivity (Wildman–Crippen MR) is 87.0 cm³/mol. The Balaban J connectivity index is 0.00000242. The normalized spacial score (nSPS) is 18.1. The van der Waals surface area contributed by atoms with Crippen LogP contribution in [0, 0.1) is 0 Å². The highest BCUT2D eigenvalue weighted by molar-refractivity contribution is 5.85. The summed E-state index contributed by atoms with van der Waals surface area (Å²) in [5.74, 6) is -2.77. The van der Waals surface area contributed by atoms with Crippen LogP contribution in [0.3, 0.4) is 0 Å². The summed E-state index contributed by atoms with van der Waals surface area (Å²) in [5, 5.41) is 12.3. The summed E-state index contributed by atoms with van der Waals surface area (Å²) in [6, 6.07) is 6.29. The molecule has 0 bridgehead atoms. The van der Waals surface area contributed by atoms with E-state index in [0.717, 1.165) is 5.56 Å². The third-order valence-corrected chi connectivity index (χ3v) is 4.05. The average Bonchev–Trinajstić information content (AvgIpc) is 2.49. The van der Waals surface area contributed by atoms with Gasteiger partial charge in [0, 0.05) is 26.2 Å². The minimum Gasteiger partial charge on any atom is -0.390 e. The summed E-state index contributed by atoms with van der Waals surface area (Å²) in [6.45, 7) is 5.53. The van der Waals surface area contributed by atoms with E-state index in [9.17, 15) is 8.78 Å². The Hall–Kier alpha value is -0.750. The lowest BCUT2D eigenvalue weighted by Crippen LogP contribution is -2.51. The lowest BCUT2D eigenvalue weighted by Gasteiger charge is -2.38. The van der Waals surface area contributed by atoms with Crippen molar-refractivity contribution in [1.82, 2.24) is 10.2 Å². The first kappa shape index (κ1) is 19.3. The van der Waals surface area contributed by atoms with E-state index >= 15 is 0 Å². The fourth-order valence-electron chi connectivity index (χ4n) is 2.81. The number of nitrogens with zero attached hydrogens (tertiary/aromatic N) is 1. The molecule has 1 aromatic rings. The lowest BCUT2D eigenvalue weighted by atomic mass is 9.95. The Kier molecular flexibility index (Phi) is 7.19. The van der Waals surface area contributed by atoms with Crippen LogP contribution < -0.4 is 5.32 Å². The van der Waals surface area contributed by atoms with Gasteiger partial charge in [-0.15, -0.1) is 12.4 Å². The zero-order valence-electron chi connectivity index (χ0n) is 13.1. The molecule has 126 valence electrons. The predicted octanol–water partition coefficient (Wildman–Crippen LogP) is 2.81. The summed E-state index contributed by atoms with van der Waals surface area (Å²) in [5.41, 5.74) is 1.70. The molecule has 0 spiro atoms. The van der Waals surface area contributed by atoms with E-state index in [-0.39, 0.29) is 12.4 Å². The van der Waals surface area contributed by atoms with Gasteiger partial charge in [0.2, 0.25) is 0 Å². The van der Waals surface area contributed by atoms with Crippen molar-refractivity contribution >= 4 is 12.4 Å². The molecule has 1 atom stereocenters. The van der Waals surface area contributed by atoms with Gasteiger partial charge in [0.1, 0.15) is 12.6 Å². The molecule has 1 aliphatic heterocycles. The molecule has 0 aromatic heterocycles. The molecular weight excluding hydrogens is 310 g/mol. The van der Waals surface area contributed by atoms with Crippen molar-refractivity contribution in [3.8, 4) is 0 Å². The number of rotatable bonds is 5. The summed E-state index contributed by atoms with van der Waals surface area (Å²) >= 11 is 0. The fourth-order valence-corrected chi connectivity index (χ4v) is 2.81. The lowest BCUT2D eigenvalue weighted by molar-refractivity contribution is -0.118. The number of hydrogen-bond acceptors (Lipinski definition) is 3. The minimum atomic E-state index is -3.14. The monoisotopic (exact) mass is 334 g/mol. The highest BCUT2D eigenvalue weighted by Gasteiger charge is 2.43. The van der Waals surface area contributed by atoms with Gasteiger partial charge in [0.15, 0.2) is 0 Å². The Labute approximate surface area is 137 Å². The molecule has 0 aliphatic carbocycles. The average molecular weight is 335 g/mol. The number of aliphatic hydroxyl groups is 1. The molecule has 1 aromatic carbocycles. The molecule has 0 unspecified atom stereocenters. The maximum atomic E-state index is 14.2. The van der Waals surface area contributed by atoms with Crippen molar-refractivity contribution in [2.45, 2.75) is 31.7 Å². The van der Waals surface area contributed by atoms with Crippen LogP contribution in [0.25, 0.3) is 0 Å². The minimum absolute atomic E-state index is 0. The van der Waals surface area contributed by atoms with Crippen molar-refractivity contribution < 1.29 is 13.9 Å². The van der Waals surface area contributed by atoms with Crippen LogP contribution in [0.5, 0.6) is 0 Å². The molecule has 22 heavy (non-hydrogen) atoms. The number of hydrogen-bond donors (Lipinski definition) is 2. The van der Waals surface area contributed by atoms with E-state index in [1.54, 1.807) is 17.0 Å². The van der Waals surface area contributed by atoms with E-state index < -0.39 is 18.6 Å². The van der Waals surface area contributed by atoms with E-state index in [2.05, 4.69) is 19.2 Å². The summed E-state index contributed by atoms with van der Waals surface area (Å²) in [6.07, 6.45) is 0. The molecule has 1 heterocycles. The molecule has 3 nitrogen and oxygen atoms in total. The standard InChI is InChI=1S/C16H24F2N2O.ClH/c1-12(2)13-3-5-14(6-4-13)15(16(17,18)11-21)20-9-7-19-8-10-20;/h3-6,12,15,19,21H,7-11H2,1-2H3;1H/t15-;/m0./s1. The third kappa shape index (κ3) is 4.38. The first-order valence-electron chi connectivity index (χ1n) is 7.49. The zero-order valence-corrected chi connectivity index (χ0v) is 13.9. The van der Waals surface area contributed by atoms with Crippen LogP contribution in [0.4, 0.5) is 8.78 Å².